The van der Waals surface area contributed by atoms with Gasteiger partial charge in [0.25, 0.3) is 5.91 Å². The maximum Gasteiger partial charge on any atom is 0.281 e. The number of methoxy groups -OCH3 is 1. The van der Waals surface area contributed by atoms with Crippen LogP contribution >= 0.6 is 12.2 Å². The molecule has 0 aliphatic carbocycles. The minimum atomic E-state index is -0.279. The van der Waals surface area contributed by atoms with Crippen LogP contribution in [0.1, 0.15) is 36.8 Å². The van der Waals surface area contributed by atoms with E-state index in [4.69, 9.17) is 26.1 Å². The fourth-order valence-electron chi connectivity index (χ4n) is 3.36. The van der Waals surface area contributed by atoms with E-state index in [9.17, 15) is 4.79 Å². The van der Waals surface area contributed by atoms with Gasteiger partial charge in [0.1, 0.15) is 35.3 Å². The van der Waals surface area contributed by atoms with Gasteiger partial charge < -0.3 is 19.2 Å². The summed E-state index contributed by atoms with van der Waals surface area (Å²) in [5.74, 6) is 2.71. The second-order valence-electron chi connectivity index (χ2n) is 7.62. The van der Waals surface area contributed by atoms with Gasteiger partial charge in [-0.3, -0.25) is 4.79 Å². The predicted molar refractivity (Wildman–Crippen MR) is 128 cm³/mol. The van der Waals surface area contributed by atoms with Gasteiger partial charge in [-0.2, -0.15) is 0 Å². The normalized spacial score (nSPS) is 14.9. The van der Waals surface area contributed by atoms with Gasteiger partial charge in [-0.15, -0.1) is 0 Å². The van der Waals surface area contributed by atoms with Gasteiger partial charge in [-0.05, 0) is 60.1 Å². The lowest BCUT2D eigenvalue weighted by molar-refractivity contribution is -0.113. The summed E-state index contributed by atoms with van der Waals surface area (Å²) in [6.45, 7) is 4.60. The Morgan fingerprint density at radius 3 is 2.56 bits per heavy atom. The Labute approximate surface area is 192 Å². The molecule has 1 saturated heterocycles. The number of ether oxygens (including phenoxy) is 2. The molecule has 0 saturated carbocycles. The molecular weight excluding hydrogens is 424 g/mol. The largest absolute Gasteiger partial charge is 0.495 e. The van der Waals surface area contributed by atoms with Crippen LogP contribution in [0, 0.1) is 0 Å². The van der Waals surface area contributed by atoms with E-state index >= 15 is 0 Å². The minimum Gasteiger partial charge on any atom is -0.495 e. The van der Waals surface area contributed by atoms with Crippen LogP contribution in [0.25, 0.3) is 6.08 Å². The molecule has 32 heavy (non-hydrogen) atoms. The van der Waals surface area contributed by atoms with Crippen molar-refractivity contribution in [1.82, 2.24) is 5.32 Å². The molecule has 0 unspecified atom stereocenters. The molecule has 7 heteroatoms. The number of hydrogen-bond acceptors (Lipinski definition) is 5. The zero-order chi connectivity index (χ0) is 22.7. The van der Waals surface area contributed by atoms with Gasteiger partial charge in [0.15, 0.2) is 5.11 Å². The molecule has 1 aromatic heterocycles. The van der Waals surface area contributed by atoms with Crippen molar-refractivity contribution >= 4 is 35.0 Å². The first-order valence-electron chi connectivity index (χ1n) is 10.3. The molecule has 2 heterocycles. The lowest BCUT2D eigenvalue weighted by atomic mass is 10.0. The molecule has 6 nitrogen and oxygen atoms in total. The highest BCUT2D eigenvalue weighted by atomic mass is 32.1. The summed E-state index contributed by atoms with van der Waals surface area (Å²) in [6.07, 6.45) is 1.63. The third-order valence-corrected chi connectivity index (χ3v) is 5.39. The molecule has 2 aromatic carbocycles. The van der Waals surface area contributed by atoms with Gasteiger partial charge in [0.05, 0.1) is 12.8 Å². The quantitative estimate of drug-likeness (QED) is 0.393. The summed E-state index contributed by atoms with van der Waals surface area (Å²) in [5, 5.41) is 3.24. The summed E-state index contributed by atoms with van der Waals surface area (Å²) in [4.78, 5) is 14.4. The average molecular weight is 449 g/mol. The second-order valence-corrected chi connectivity index (χ2v) is 8.00. The van der Waals surface area contributed by atoms with Crippen molar-refractivity contribution in [2.45, 2.75) is 26.4 Å². The molecule has 1 amide bonds. The number of nitrogens with zero attached hydrogens (tertiary/aromatic N) is 1. The third-order valence-electron chi connectivity index (χ3n) is 5.10. The van der Waals surface area contributed by atoms with Crippen LogP contribution in [0.4, 0.5) is 5.69 Å². The Bertz CT molecular complexity index is 1160. The fourth-order valence-corrected chi connectivity index (χ4v) is 3.65. The molecule has 3 aromatic rings. The van der Waals surface area contributed by atoms with E-state index in [1.807, 2.05) is 30.3 Å². The van der Waals surface area contributed by atoms with Crippen LogP contribution in [0.15, 0.2) is 70.8 Å². The Hall–Kier alpha value is -3.58. The number of benzene rings is 2. The minimum absolute atomic E-state index is 0.279. The Kier molecular flexibility index (Phi) is 6.28. The first kappa shape index (κ1) is 21.6. The smallest absolute Gasteiger partial charge is 0.281 e. The Balaban J connectivity index is 1.45. The summed E-state index contributed by atoms with van der Waals surface area (Å²) in [7, 11) is 1.55. The average Bonchev–Trinajstić information content (AvgIpc) is 3.36. The van der Waals surface area contributed by atoms with E-state index in [2.05, 4.69) is 31.3 Å². The van der Waals surface area contributed by atoms with Crippen LogP contribution in [0.2, 0.25) is 0 Å². The van der Waals surface area contributed by atoms with E-state index < -0.39 is 0 Å². The zero-order valence-corrected chi connectivity index (χ0v) is 18.9. The van der Waals surface area contributed by atoms with E-state index in [0.717, 1.165) is 5.75 Å². The molecule has 1 aliphatic heterocycles. The molecule has 4 rings (SSSR count). The fraction of sp³-hybridized carbons (Fsp3) is 0.200. The molecule has 0 spiro atoms. The van der Waals surface area contributed by atoms with Gasteiger partial charge in [-0.25, -0.2) is 4.90 Å². The van der Waals surface area contributed by atoms with Crippen LogP contribution in [0.3, 0.4) is 0 Å². The first-order valence-corrected chi connectivity index (χ1v) is 10.7. The molecule has 0 atom stereocenters. The predicted octanol–water partition coefficient (Wildman–Crippen LogP) is 5.25. The van der Waals surface area contributed by atoms with Gasteiger partial charge >= 0.3 is 0 Å². The van der Waals surface area contributed by atoms with Crippen LogP contribution in [-0.2, 0) is 11.4 Å². The number of para-hydroxylation sites is 2. The number of anilines is 1. The highest BCUT2D eigenvalue weighted by Crippen LogP contribution is 2.31. The molecule has 1 fully saturated rings. The number of amides is 1. The molecular formula is C25H24N2O4S. The van der Waals surface area contributed by atoms with Gasteiger partial charge in [-0.1, -0.05) is 38.1 Å². The number of carbonyl (C=O) groups excluding carboxylic acids is 1. The molecule has 0 radical (unpaired) electrons. The maximum atomic E-state index is 13.0. The van der Waals surface area contributed by atoms with E-state index in [1.54, 1.807) is 31.4 Å². The van der Waals surface area contributed by atoms with Crippen LogP contribution in [-0.4, -0.2) is 18.1 Å². The van der Waals surface area contributed by atoms with Crippen molar-refractivity contribution in [1.29, 1.82) is 0 Å². The lowest BCUT2D eigenvalue weighted by Gasteiger charge is -2.17. The lowest BCUT2D eigenvalue weighted by Crippen LogP contribution is -2.30. The van der Waals surface area contributed by atoms with Gasteiger partial charge in [0, 0.05) is 6.08 Å². The molecule has 0 bridgehead atoms. The monoisotopic (exact) mass is 448 g/mol. The van der Waals surface area contributed by atoms with Crippen molar-refractivity contribution < 1.29 is 18.7 Å². The molecule has 164 valence electrons. The number of furan rings is 1. The number of rotatable bonds is 7. The standard InChI is InChI=1S/C25H24N2O4S/c1-16(2)17-8-10-18(11-9-17)30-15-20-13-12-19(31-20)14-21-24(28)27(25(32)26-21)22-6-4-5-7-23(22)29-3/h4-14,16H,15H2,1-3H3,(H,26,32)/b21-14+. The number of hydrogen-bond donors (Lipinski definition) is 1. The van der Waals surface area contributed by atoms with E-state index in [-0.39, 0.29) is 17.6 Å². The maximum absolute atomic E-state index is 13.0. The Morgan fingerprint density at radius 2 is 1.84 bits per heavy atom. The SMILES string of the molecule is COc1ccccc1N1C(=O)/C(=C\c2ccc(COc3ccc(C(C)C)cc3)o2)NC1=S. The highest BCUT2D eigenvalue weighted by molar-refractivity contribution is 7.80. The summed E-state index contributed by atoms with van der Waals surface area (Å²) < 4.78 is 17.0. The number of carbonyl (C=O) groups is 1. The van der Waals surface area contributed by atoms with Gasteiger partial charge in [0.2, 0.25) is 0 Å². The van der Waals surface area contributed by atoms with Crippen molar-refractivity contribution in [2.75, 3.05) is 12.0 Å². The van der Waals surface area contributed by atoms with Crippen molar-refractivity contribution in [3.8, 4) is 11.5 Å². The zero-order valence-electron chi connectivity index (χ0n) is 18.1. The molecule has 1 N–H and O–H groups in total. The van der Waals surface area contributed by atoms with Crippen LogP contribution < -0.4 is 19.7 Å². The first-order chi connectivity index (χ1) is 15.5. The summed E-state index contributed by atoms with van der Waals surface area (Å²) in [6, 6.07) is 18.9. The molecule has 1 aliphatic rings. The second kappa shape index (κ2) is 9.28. The topological polar surface area (TPSA) is 63.9 Å². The highest BCUT2D eigenvalue weighted by Gasteiger charge is 2.33. The Morgan fingerprint density at radius 1 is 1.09 bits per heavy atom. The summed E-state index contributed by atoms with van der Waals surface area (Å²) >= 11 is 5.37. The van der Waals surface area contributed by atoms with Crippen molar-refractivity contribution in [2.24, 2.45) is 0 Å². The number of thiocarbonyl (C=S) groups is 1. The summed E-state index contributed by atoms with van der Waals surface area (Å²) in [5.41, 5.74) is 2.17. The van der Waals surface area contributed by atoms with Crippen LogP contribution in [0.5, 0.6) is 11.5 Å². The van der Waals surface area contributed by atoms with Crippen molar-refractivity contribution in [3.63, 3.8) is 0 Å². The third kappa shape index (κ3) is 4.53. The van der Waals surface area contributed by atoms with E-state index in [0.29, 0.717) is 34.6 Å². The van der Waals surface area contributed by atoms with E-state index in [1.165, 1.54) is 10.5 Å². The van der Waals surface area contributed by atoms with Crippen molar-refractivity contribution in [3.05, 3.63) is 83.4 Å². The number of nitrogens with one attached hydrogen (secondary N) is 1.